The van der Waals surface area contributed by atoms with Crippen LogP contribution in [0.3, 0.4) is 0 Å². The van der Waals surface area contributed by atoms with Crippen LogP contribution in [-0.2, 0) is 4.74 Å². The van der Waals surface area contributed by atoms with Crippen LogP contribution in [0, 0.1) is 0 Å². The van der Waals surface area contributed by atoms with Gasteiger partial charge in [-0.1, -0.05) is 11.6 Å². The number of anilines is 1. The van der Waals surface area contributed by atoms with Crippen molar-refractivity contribution in [3.8, 4) is 0 Å². The van der Waals surface area contributed by atoms with Crippen molar-refractivity contribution < 1.29 is 4.74 Å². The number of rotatable bonds is 2. The normalized spacial score (nSPS) is 20.3. The summed E-state index contributed by atoms with van der Waals surface area (Å²) in [5, 5.41) is 1.03. The van der Waals surface area contributed by atoms with Gasteiger partial charge in [-0.25, -0.2) is 9.97 Å². The van der Waals surface area contributed by atoms with E-state index in [2.05, 4.69) is 24.8 Å². The van der Waals surface area contributed by atoms with Gasteiger partial charge in [0.15, 0.2) is 0 Å². The molecule has 0 radical (unpaired) electrons. The Balaban J connectivity index is 1.60. The van der Waals surface area contributed by atoms with Crippen molar-refractivity contribution in [3.05, 3.63) is 27.9 Å². The highest BCUT2D eigenvalue weighted by atomic mass is 35.5. The molecule has 0 unspecified atom stereocenters. The van der Waals surface area contributed by atoms with E-state index < -0.39 is 0 Å². The molecule has 4 rings (SSSR count). The van der Waals surface area contributed by atoms with Crippen LogP contribution in [0.4, 0.5) is 5.69 Å². The Kier molecular flexibility index (Phi) is 3.48. The Morgan fingerprint density at radius 3 is 2.68 bits per heavy atom. The van der Waals surface area contributed by atoms with Crippen LogP contribution in [0.25, 0.3) is 11.0 Å². The van der Waals surface area contributed by atoms with E-state index in [1.807, 2.05) is 0 Å². The number of H-pyrrole nitrogens is 1. The number of hydrogen-bond donors (Lipinski definition) is 1. The summed E-state index contributed by atoms with van der Waals surface area (Å²) < 4.78 is 5.24. The highest BCUT2D eigenvalue weighted by molar-refractivity contribution is 6.33. The van der Waals surface area contributed by atoms with Gasteiger partial charge >= 0.3 is 0 Å². The maximum Gasteiger partial charge on any atom is 0.273 e. The van der Waals surface area contributed by atoms with Gasteiger partial charge in [0.1, 0.15) is 22.8 Å². The molecule has 2 aromatic rings. The lowest BCUT2D eigenvalue weighted by Gasteiger charge is -2.43. The first-order valence-electron chi connectivity index (χ1n) is 7.32. The average Bonchev–Trinajstić information content (AvgIpc) is 2.46. The molecular formula is C14H16ClN5O2. The smallest absolute Gasteiger partial charge is 0.273 e. The third-order valence-electron chi connectivity index (χ3n) is 4.37. The van der Waals surface area contributed by atoms with Crippen molar-refractivity contribution in [2.24, 2.45) is 0 Å². The van der Waals surface area contributed by atoms with Crippen LogP contribution in [-0.4, -0.2) is 65.3 Å². The molecule has 2 aromatic heterocycles. The number of nitrogens with one attached hydrogen (secondary N) is 1. The predicted octanol–water partition coefficient (Wildman–Crippen LogP) is 0.492. The second-order valence-corrected chi connectivity index (χ2v) is 5.98. The maximum atomic E-state index is 12.3. The molecule has 0 amide bonds. The molecule has 7 nitrogen and oxygen atoms in total. The zero-order chi connectivity index (χ0) is 15.1. The van der Waals surface area contributed by atoms with Gasteiger partial charge in [0.25, 0.3) is 5.56 Å². The van der Waals surface area contributed by atoms with E-state index in [4.69, 9.17) is 16.3 Å². The highest BCUT2D eigenvalue weighted by Gasteiger charge is 2.29. The first-order chi connectivity index (χ1) is 10.7. The van der Waals surface area contributed by atoms with Crippen LogP contribution < -0.4 is 10.5 Å². The van der Waals surface area contributed by atoms with Crippen molar-refractivity contribution in [3.63, 3.8) is 0 Å². The summed E-state index contributed by atoms with van der Waals surface area (Å²) in [6, 6.07) is 2.33. The lowest BCUT2D eigenvalue weighted by Crippen LogP contribution is -2.57. The monoisotopic (exact) mass is 321 g/mol. The van der Waals surface area contributed by atoms with Gasteiger partial charge in [-0.3, -0.25) is 9.69 Å². The van der Waals surface area contributed by atoms with E-state index >= 15 is 0 Å². The fourth-order valence-electron chi connectivity index (χ4n) is 2.97. The van der Waals surface area contributed by atoms with Crippen LogP contribution in [0.5, 0.6) is 0 Å². The molecule has 2 aliphatic rings. The second kappa shape index (κ2) is 5.49. The first-order valence-corrected chi connectivity index (χ1v) is 7.70. The Morgan fingerprint density at radius 1 is 1.23 bits per heavy atom. The molecule has 0 saturated carbocycles. The predicted molar refractivity (Wildman–Crippen MR) is 83.6 cm³/mol. The average molecular weight is 322 g/mol. The Morgan fingerprint density at radius 2 is 2.00 bits per heavy atom. The minimum atomic E-state index is -0.136. The summed E-state index contributed by atoms with van der Waals surface area (Å²) in [7, 11) is 0. The summed E-state index contributed by atoms with van der Waals surface area (Å²) in [5.41, 5.74) is 0.968. The van der Waals surface area contributed by atoms with Crippen molar-refractivity contribution in [1.29, 1.82) is 0 Å². The van der Waals surface area contributed by atoms with Gasteiger partial charge in [-0.05, 0) is 6.07 Å². The van der Waals surface area contributed by atoms with Gasteiger partial charge in [0, 0.05) is 26.2 Å². The van der Waals surface area contributed by atoms with Gasteiger partial charge in [-0.2, -0.15) is 0 Å². The molecule has 0 aromatic carbocycles. The number of pyridine rings is 1. The number of piperazine rings is 1. The lowest BCUT2D eigenvalue weighted by atomic mass is 10.1. The van der Waals surface area contributed by atoms with Crippen LogP contribution >= 0.6 is 11.6 Å². The first kappa shape index (κ1) is 13.9. The summed E-state index contributed by atoms with van der Waals surface area (Å²) in [4.78, 5) is 27.6. The number of ether oxygens (including phenoxy) is 1. The molecule has 0 atom stereocenters. The molecule has 2 fully saturated rings. The molecule has 1 N–H and O–H groups in total. The molecule has 2 aliphatic heterocycles. The van der Waals surface area contributed by atoms with Gasteiger partial charge in [-0.15, -0.1) is 0 Å². The zero-order valence-electron chi connectivity index (χ0n) is 12.0. The number of fused-ring (bicyclic) bond motifs is 1. The van der Waals surface area contributed by atoms with Crippen LogP contribution in [0.15, 0.2) is 17.2 Å². The second-order valence-electron chi connectivity index (χ2n) is 5.62. The van der Waals surface area contributed by atoms with Gasteiger partial charge < -0.3 is 14.6 Å². The number of aromatic nitrogens is 3. The van der Waals surface area contributed by atoms with Crippen molar-refractivity contribution in [1.82, 2.24) is 19.9 Å². The van der Waals surface area contributed by atoms with Crippen LogP contribution in [0.1, 0.15) is 0 Å². The maximum absolute atomic E-state index is 12.3. The molecule has 116 valence electrons. The molecule has 22 heavy (non-hydrogen) atoms. The minimum absolute atomic E-state index is 0.136. The summed E-state index contributed by atoms with van der Waals surface area (Å²) in [6.45, 7) is 5.15. The number of halogens is 1. The standard InChI is InChI=1S/C14H16ClN5O2/c15-12-10-5-11(14(21)18-13(10)17-8-16-12)20-3-1-19(2-4-20)9-6-22-7-9/h5,8-9H,1-4,6-7H2,(H,16,17,18,21). The molecule has 0 aliphatic carbocycles. The van der Waals surface area contributed by atoms with E-state index in [1.54, 1.807) is 6.07 Å². The Bertz CT molecular complexity index is 752. The third kappa shape index (κ3) is 2.35. The number of hydrogen-bond acceptors (Lipinski definition) is 6. The topological polar surface area (TPSA) is 74.4 Å². The molecule has 0 bridgehead atoms. The van der Waals surface area contributed by atoms with Gasteiger partial charge in [0.05, 0.1) is 24.6 Å². The Hall–Kier alpha value is -1.70. The van der Waals surface area contributed by atoms with Crippen molar-refractivity contribution in [2.75, 3.05) is 44.3 Å². The third-order valence-corrected chi connectivity index (χ3v) is 4.67. The SMILES string of the molecule is O=c1[nH]c2ncnc(Cl)c2cc1N1CCN(C2COC2)CC1. The van der Waals surface area contributed by atoms with Crippen LogP contribution in [0.2, 0.25) is 5.15 Å². The van der Waals surface area contributed by atoms with E-state index in [-0.39, 0.29) is 5.56 Å². The summed E-state index contributed by atoms with van der Waals surface area (Å²) in [6.07, 6.45) is 1.35. The largest absolute Gasteiger partial charge is 0.378 e. The quantitative estimate of drug-likeness (QED) is 0.812. The highest BCUT2D eigenvalue weighted by Crippen LogP contribution is 2.22. The number of nitrogens with zero attached hydrogens (tertiary/aromatic N) is 4. The molecule has 8 heteroatoms. The molecule has 2 saturated heterocycles. The van der Waals surface area contributed by atoms with Gasteiger partial charge in [0.2, 0.25) is 0 Å². The molecular weight excluding hydrogens is 306 g/mol. The van der Waals surface area contributed by atoms with Crippen molar-refractivity contribution in [2.45, 2.75) is 6.04 Å². The van der Waals surface area contributed by atoms with E-state index in [0.717, 1.165) is 39.4 Å². The zero-order valence-corrected chi connectivity index (χ0v) is 12.7. The fraction of sp³-hybridized carbons (Fsp3) is 0.500. The summed E-state index contributed by atoms with van der Waals surface area (Å²) in [5.74, 6) is 0. The van der Waals surface area contributed by atoms with E-state index in [1.165, 1.54) is 6.33 Å². The van der Waals surface area contributed by atoms with E-state index in [9.17, 15) is 4.79 Å². The number of aromatic amines is 1. The van der Waals surface area contributed by atoms with Crippen molar-refractivity contribution >= 4 is 28.3 Å². The lowest BCUT2D eigenvalue weighted by molar-refractivity contribution is -0.0660. The fourth-order valence-corrected chi connectivity index (χ4v) is 3.16. The minimum Gasteiger partial charge on any atom is -0.378 e. The molecule has 0 spiro atoms. The summed E-state index contributed by atoms with van der Waals surface area (Å²) >= 11 is 6.10. The Labute approximate surface area is 131 Å². The molecule has 4 heterocycles. The van der Waals surface area contributed by atoms with E-state index in [0.29, 0.717) is 27.9 Å².